The minimum atomic E-state index is -0.624. The molecule has 0 aliphatic rings. The minimum absolute atomic E-state index is 0.624. The summed E-state index contributed by atoms with van der Waals surface area (Å²) in [5.74, 6) is 0. The Morgan fingerprint density at radius 3 is 2.11 bits per heavy atom. The SMILES string of the molecule is CCCCCCCCCCC(C)(O)c1ccc(C)s1. The lowest BCUT2D eigenvalue weighted by Gasteiger charge is -2.21. The molecule has 1 aromatic heterocycles. The van der Waals surface area contributed by atoms with E-state index in [1.807, 2.05) is 6.92 Å². The zero-order valence-electron chi connectivity index (χ0n) is 12.9. The van der Waals surface area contributed by atoms with Crippen LogP contribution in [0.4, 0.5) is 0 Å². The van der Waals surface area contributed by atoms with Gasteiger partial charge in [0.25, 0.3) is 0 Å². The normalized spacial score (nSPS) is 14.5. The Kier molecular flexibility index (Phi) is 7.70. The summed E-state index contributed by atoms with van der Waals surface area (Å²) in [6, 6.07) is 4.17. The Balaban J connectivity index is 2.11. The smallest absolute Gasteiger partial charge is 0.0960 e. The lowest BCUT2D eigenvalue weighted by atomic mass is 9.96. The molecule has 19 heavy (non-hydrogen) atoms. The number of unbranched alkanes of at least 4 members (excludes halogenated alkanes) is 7. The van der Waals surface area contributed by atoms with Gasteiger partial charge in [0.15, 0.2) is 0 Å². The molecule has 1 unspecified atom stereocenters. The zero-order chi connectivity index (χ0) is 14.1. The van der Waals surface area contributed by atoms with Crippen molar-refractivity contribution in [1.29, 1.82) is 0 Å². The summed E-state index contributed by atoms with van der Waals surface area (Å²) in [5, 5.41) is 10.5. The molecule has 0 saturated carbocycles. The van der Waals surface area contributed by atoms with E-state index in [2.05, 4.69) is 26.0 Å². The third kappa shape index (κ3) is 6.58. The van der Waals surface area contributed by atoms with Crippen LogP contribution in [0.3, 0.4) is 0 Å². The average Bonchev–Trinajstić information content (AvgIpc) is 2.80. The van der Waals surface area contributed by atoms with Crippen LogP contribution in [-0.2, 0) is 5.60 Å². The van der Waals surface area contributed by atoms with Gasteiger partial charge in [0.1, 0.15) is 0 Å². The second kappa shape index (κ2) is 8.76. The maximum absolute atomic E-state index is 10.5. The van der Waals surface area contributed by atoms with Crippen LogP contribution in [0.1, 0.15) is 81.4 Å². The van der Waals surface area contributed by atoms with Gasteiger partial charge in [-0.3, -0.25) is 0 Å². The topological polar surface area (TPSA) is 20.2 Å². The Morgan fingerprint density at radius 1 is 1.00 bits per heavy atom. The van der Waals surface area contributed by atoms with Crippen LogP contribution in [0.2, 0.25) is 0 Å². The van der Waals surface area contributed by atoms with Crippen molar-refractivity contribution in [1.82, 2.24) is 0 Å². The van der Waals surface area contributed by atoms with Crippen molar-refractivity contribution in [3.63, 3.8) is 0 Å². The van der Waals surface area contributed by atoms with Crippen molar-refractivity contribution in [2.24, 2.45) is 0 Å². The molecule has 110 valence electrons. The van der Waals surface area contributed by atoms with Gasteiger partial charge >= 0.3 is 0 Å². The van der Waals surface area contributed by atoms with Crippen LogP contribution >= 0.6 is 11.3 Å². The summed E-state index contributed by atoms with van der Waals surface area (Å²) in [7, 11) is 0. The van der Waals surface area contributed by atoms with Gasteiger partial charge in [0.2, 0.25) is 0 Å². The zero-order valence-corrected chi connectivity index (χ0v) is 13.7. The molecular formula is C17H30OS. The van der Waals surface area contributed by atoms with Crippen molar-refractivity contribution >= 4 is 11.3 Å². The highest BCUT2D eigenvalue weighted by Gasteiger charge is 2.23. The summed E-state index contributed by atoms with van der Waals surface area (Å²) in [6.45, 7) is 6.31. The Hall–Kier alpha value is -0.340. The van der Waals surface area contributed by atoms with E-state index in [4.69, 9.17) is 0 Å². The molecule has 0 bridgehead atoms. The van der Waals surface area contributed by atoms with Crippen molar-refractivity contribution in [3.8, 4) is 0 Å². The molecule has 0 aliphatic heterocycles. The number of rotatable bonds is 10. The van der Waals surface area contributed by atoms with Crippen molar-refractivity contribution in [2.45, 2.75) is 84.2 Å². The summed E-state index contributed by atoms with van der Waals surface area (Å²) in [5.41, 5.74) is -0.624. The average molecular weight is 282 g/mol. The first-order valence-electron chi connectivity index (χ1n) is 7.85. The van der Waals surface area contributed by atoms with Crippen molar-refractivity contribution < 1.29 is 5.11 Å². The van der Waals surface area contributed by atoms with Gasteiger partial charge in [0.05, 0.1) is 5.60 Å². The van der Waals surface area contributed by atoms with Crippen LogP contribution in [0.25, 0.3) is 0 Å². The molecule has 0 amide bonds. The van der Waals surface area contributed by atoms with Crippen LogP contribution in [0.15, 0.2) is 12.1 Å². The molecule has 0 fully saturated rings. The maximum Gasteiger partial charge on any atom is 0.0960 e. The largest absolute Gasteiger partial charge is 0.385 e. The number of thiophene rings is 1. The van der Waals surface area contributed by atoms with Gasteiger partial charge in [-0.25, -0.2) is 0 Å². The summed E-state index contributed by atoms with van der Waals surface area (Å²) >= 11 is 1.72. The first kappa shape index (κ1) is 16.7. The van der Waals surface area contributed by atoms with E-state index in [0.717, 1.165) is 17.7 Å². The van der Waals surface area contributed by atoms with Crippen molar-refractivity contribution in [2.75, 3.05) is 0 Å². The molecule has 0 aliphatic carbocycles. The van der Waals surface area contributed by atoms with E-state index in [1.54, 1.807) is 11.3 Å². The standard InChI is InChI=1S/C17H30OS/c1-4-5-6-7-8-9-10-11-14-17(3,18)16-13-12-15(2)19-16/h12-13,18H,4-11,14H2,1-3H3. The van der Waals surface area contributed by atoms with Gasteiger partial charge < -0.3 is 5.11 Å². The third-order valence-electron chi connectivity index (χ3n) is 3.79. The molecule has 0 radical (unpaired) electrons. The molecule has 0 spiro atoms. The van der Waals surface area contributed by atoms with Crippen LogP contribution in [0, 0.1) is 6.92 Å². The summed E-state index contributed by atoms with van der Waals surface area (Å²) in [6.07, 6.45) is 11.4. The molecule has 2 heteroatoms. The molecule has 0 aromatic carbocycles. The highest BCUT2D eigenvalue weighted by atomic mass is 32.1. The van der Waals surface area contributed by atoms with E-state index in [-0.39, 0.29) is 0 Å². The lowest BCUT2D eigenvalue weighted by molar-refractivity contribution is 0.0486. The van der Waals surface area contributed by atoms with Crippen molar-refractivity contribution in [3.05, 3.63) is 21.9 Å². The Morgan fingerprint density at radius 2 is 1.58 bits per heavy atom. The van der Waals surface area contributed by atoms with E-state index in [9.17, 15) is 5.11 Å². The van der Waals surface area contributed by atoms with Crippen LogP contribution in [0.5, 0.6) is 0 Å². The van der Waals surface area contributed by atoms with E-state index < -0.39 is 5.60 Å². The maximum atomic E-state index is 10.5. The fourth-order valence-corrected chi connectivity index (χ4v) is 3.39. The predicted molar refractivity (Wildman–Crippen MR) is 85.9 cm³/mol. The summed E-state index contributed by atoms with van der Waals surface area (Å²) < 4.78 is 0. The minimum Gasteiger partial charge on any atom is -0.385 e. The number of aliphatic hydroxyl groups is 1. The molecule has 1 rings (SSSR count). The first-order valence-corrected chi connectivity index (χ1v) is 8.67. The number of hydrogen-bond acceptors (Lipinski definition) is 2. The number of aryl methyl sites for hydroxylation is 1. The van der Waals surface area contributed by atoms with Gasteiger partial charge in [-0.1, -0.05) is 58.3 Å². The monoisotopic (exact) mass is 282 g/mol. The highest BCUT2D eigenvalue weighted by Crippen LogP contribution is 2.32. The van der Waals surface area contributed by atoms with E-state index in [1.165, 1.54) is 49.8 Å². The lowest BCUT2D eigenvalue weighted by Crippen LogP contribution is -2.19. The van der Waals surface area contributed by atoms with E-state index in [0.29, 0.717) is 0 Å². The molecule has 1 N–H and O–H groups in total. The Bertz CT molecular complexity index is 341. The van der Waals surface area contributed by atoms with E-state index >= 15 is 0 Å². The number of hydrogen-bond donors (Lipinski definition) is 1. The molecule has 1 nitrogen and oxygen atoms in total. The predicted octanol–water partition coefficient (Wildman–Crippen LogP) is 5.79. The Labute approximate surface area is 123 Å². The molecule has 1 heterocycles. The van der Waals surface area contributed by atoms with Gasteiger partial charge in [-0.05, 0) is 32.4 Å². The van der Waals surface area contributed by atoms with Crippen LogP contribution in [-0.4, -0.2) is 5.11 Å². The second-order valence-electron chi connectivity index (χ2n) is 5.91. The van der Waals surface area contributed by atoms with Crippen LogP contribution < -0.4 is 0 Å². The molecule has 1 atom stereocenters. The highest BCUT2D eigenvalue weighted by molar-refractivity contribution is 7.12. The first-order chi connectivity index (χ1) is 9.06. The fraction of sp³-hybridized carbons (Fsp3) is 0.765. The quantitative estimate of drug-likeness (QED) is 0.538. The van der Waals surface area contributed by atoms with Gasteiger partial charge in [0, 0.05) is 9.75 Å². The second-order valence-corrected chi connectivity index (χ2v) is 7.20. The molecule has 1 aromatic rings. The summed E-state index contributed by atoms with van der Waals surface area (Å²) in [4.78, 5) is 2.40. The fourth-order valence-electron chi connectivity index (χ4n) is 2.45. The third-order valence-corrected chi connectivity index (χ3v) is 5.04. The molecular weight excluding hydrogens is 252 g/mol. The van der Waals surface area contributed by atoms with Gasteiger partial charge in [-0.15, -0.1) is 11.3 Å². The molecule has 0 saturated heterocycles. The van der Waals surface area contributed by atoms with Gasteiger partial charge in [-0.2, -0.15) is 0 Å².